The zero-order chi connectivity index (χ0) is 14.5. The summed E-state index contributed by atoms with van der Waals surface area (Å²) in [7, 11) is 0. The van der Waals surface area contributed by atoms with Gasteiger partial charge in [-0.1, -0.05) is 29.8 Å². The van der Waals surface area contributed by atoms with Gasteiger partial charge < -0.3 is 5.32 Å². The Morgan fingerprint density at radius 2 is 2.05 bits per heavy atom. The molecule has 2 nitrogen and oxygen atoms in total. The van der Waals surface area contributed by atoms with Crippen molar-refractivity contribution in [2.24, 2.45) is 5.92 Å². The van der Waals surface area contributed by atoms with Gasteiger partial charge in [-0.2, -0.15) is 0 Å². The van der Waals surface area contributed by atoms with Crippen LogP contribution in [0, 0.1) is 5.92 Å². The van der Waals surface area contributed by atoms with Gasteiger partial charge in [-0.05, 0) is 64.3 Å². The van der Waals surface area contributed by atoms with E-state index in [2.05, 4.69) is 43.1 Å². The predicted molar refractivity (Wildman–Crippen MR) is 87.3 cm³/mol. The van der Waals surface area contributed by atoms with Crippen LogP contribution in [0.25, 0.3) is 0 Å². The SMILES string of the molecule is CC(C)N(CC1CCCNC1)C(C)c1ccccc1Cl. The lowest BCUT2D eigenvalue weighted by Crippen LogP contribution is -2.42. The minimum atomic E-state index is 0.366. The Morgan fingerprint density at radius 1 is 1.30 bits per heavy atom. The second-order valence-electron chi connectivity index (χ2n) is 6.20. The summed E-state index contributed by atoms with van der Waals surface area (Å²) in [4.78, 5) is 2.58. The van der Waals surface area contributed by atoms with E-state index in [0.29, 0.717) is 12.1 Å². The van der Waals surface area contributed by atoms with Crippen LogP contribution in [-0.4, -0.2) is 30.6 Å². The maximum atomic E-state index is 6.37. The Kier molecular flexibility index (Phi) is 5.88. The third-order valence-electron chi connectivity index (χ3n) is 4.38. The van der Waals surface area contributed by atoms with E-state index in [-0.39, 0.29) is 0 Å². The maximum absolute atomic E-state index is 6.37. The van der Waals surface area contributed by atoms with Crippen molar-refractivity contribution < 1.29 is 0 Å². The lowest BCUT2D eigenvalue weighted by Gasteiger charge is -2.37. The highest BCUT2D eigenvalue weighted by Gasteiger charge is 2.24. The van der Waals surface area contributed by atoms with Crippen molar-refractivity contribution >= 4 is 11.6 Å². The molecule has 1 fully saturated rings. The molecule has 112 valence electrons. The van der Waals surface area contributed by atoms with Crippen molar-refractivity contribution in [2.75, 3.05) is 19.6 Å². The zero-order valence-electron chi connectivity index (χ0n) is 12.9. The lowest BCUT2D eigenvalue weighted by molar-refractivity contribution is 0.127. The average molecular weight is 295 g/mol. The van der Waals surface area contributed by atoms with Gasteiger partial charge in [0.1, 0.15) is 0 Å². The zero-order valence-corrected chi connectivity index (χ0v) is 13.7. The topological polar surface area (TPSA) is 15.3 Å². The largest absolute Gasteiger partial charge is 0.316 e. The van der Waals surface area contributed by atoms with Crippen LogP contribution >= 0.6 is 11.6 Å². The fourth-order valence-corrected chi connectivity index (χ4v) is 3.48. The van der Waals surface area contributed by atoms with E-state index in [1.165, 1.54) is 24.9 Å². The number of rotatable bonds is 5. The number of benzene rings is 1. The van der Waals surface area contributed by atoms with Gasteiger partial charge in [0, 0.05) is 23.7 Å². The fraction of sp³-hybridized carbons (Fsp3) is 0.647. The fourth-order valence-electron chi connectivity index (χ4n) is 3.19. The van der Waals surface area contributed by atoms with E-state index in [1.54, 1.807) is 0 Å². The smallest absolute Gasteiger partial charge is 0.0453 e. The summed E-state index contributed by atoms with van der Waals surface area (Å²) in [5.74, 6) is 0.760. The first-order valence-electron chi connectivity index (χ1n) is 7.80. The van der Waals surface area contributed by atoms with Crippen LogP contribution in [0.1, 0.15) is 45.2 Å². The number of halogens is 1. The summed E-state index contributed by atoms with van der Waals surface area (Å²) in [6.45, 7) is 10.3. The summed E-state index contributed by atoms with van der Waals surface area (Å²) in [6.07, 6.45) is 2.64. The van der Waals surface area contributed by atoms with E-state index in [0.717, 1.165) is 24.0 Å². The Bertz CT molecular complexity index is 413. The van der Waals surface area contributed by atoms with Gasteiger partial charge in [-0.3, -0.25) is 4.90 Å². The Balaban J connectivity index is 2.09. The molecule has 20 heavy (non-hydrogen) atoms. The molecule has 1 aliphatic heterocycles. The second kappa shape index (κ2) is 7.44. The van der Waals surface area contributed by atoms with Crippen LogP contribution in [0.4, 0.5) is 0 Å². The molecule has 0 aliphatic carbocycles. The first-order valence-corrected chi connectivity index (χ1v) is 8.18. The Labute approximate surface area is 128 Å². The summed E-state index contributed by atoms with van der Waals surface area (Å²) in [5.41, 5.74) is 1.24. The number of hydrogen-bond acceptors (Lipinski definition) is 2. The van der Waals surface area contributed by atoms with Gasteiger partial charge >= 0.3 is 0 Å². The van der Waals surface area contributed by atoms with E-state index < -0.39 is 0 Å². The second-order valence-corrected chi connectivity index (χ2v) is 6.61. The quantitative estimate of drug-likeness (QED) is 0.879. The van der Waals surface area contributed by atoms with Gasteiger partial charge in [-0.15, -0.1) is 0 Å². The first kappa shape index (κ1) is 15.8. The third kappa shape index (κ3) is 3.97. The molecule has 0 aromatic heterocycles. The molecule has 0 amide bonds. The summed E-state index contributed by atoms with van der Waals surface area (Å²) >= 11 is 6.37. The summed E-state index contributed by atoms with van der Waals surface area (Å²) in [5, 5.41) is 4.40. The predicted octanol–water partition coefficient (Wildman–Crippen LogP) is 4.11. The molecular formula is C17H27ClN2. The highest BCUT2D eigenvalue weighted by atomic mass is 35.5. The van der Waals surface area contributed by atoms with E-state index in [4.69, 9.17) is 11.6 Å². The molecule has 2 unspecified atom stereocenters. The molecule has 1 aromatic rings. The number of hydrogen-bond donors (Lipinski definition) is 1. The van der Waals surface area contributed by atoms with Gasteiger partial charge in [-0.25, -0.2) is 0 Å². The van der Waals surface area contributed by atoms with Crippen LogP contribution in [0.5, 0.6) is 0 Å². The normalized spacial score (nSPS) is 21.4. The van der Waals surface area contributed by atoms with Crippen LogP contribution < -0.4 is 5.32 Å². The van der Waals surface area contributed by atoms with E-state index in [9.17, 15) is 0 Å². The molecule has 0 bridgehead atoms. The summed E-state index contributed by atoms with van der Waals surface area (Å²) < 4.78 is 0. The van der Waals surface area contributed by atoms with Crippen molar-refractivity contribution in [3.63, 3.8) is 0 Å². The van der Waals surface area contributed by atoms with Crippen LogP contribution in [-0.2, 0) is 0 Å². The number of piperidine rings is 1. The van der Waals surface area contributed by atoms with Crippen molar-refractivity contribution in [3.05, 3.63) is 34.9 Å². The van der Waals surface area contributed by atoms with Gasteiger partial charge in [0.05, 0.1) is 0 Å². The monoisotopic (exact) mass is 294 g/mol. The Morgan fingerprint density at radius 3 is 2.65 bits per heavy atom. The Hall–Kier alpha value is -0.570. The maximum Gasteiger partial charge on any atom is 0.0453 e. The molecule has 1 aromatic carbocycles. The highest BCUT2D eigenvalue weighted by Crippen LogP contribution is 2.29. The molecule has 2 atom stereocenters. The van der Waals surface area contributed by atoms with Gasteiger partial charge in [0.25, 0.3) is 0 Å². The summed E-state index contributed by atoms with van der Waals surface area (Å²) in [6, 6.07) is 9.13. The van der Waals surface area contributed by atoms with Gasteiger partial charge in [0.15, 0.2) is 0 Å². The molecule has 2 rings (SSSR count). The number of nitrogens with zero attached hydrogens (tertiary/aromatic N) is 1. The van der Waals surface area contributed by atoms with Crippen molar-refractivity contribution in [1.82, 2.24) is 10.2 Å². The number of nitrogens with one attached hydrogen (secondary N) is 1. The van der Waals surface area contributed by atoms with Crippen molar-refractivity contribution in [1.29, 1.82) is 0 Å². The average Bonchev–Trinajstić information content (AvgIpc) is 2.45. The molecule has 0 saturated carbocycles. The van der Waals surface area contributed by atoms with Crippen molar-refractivity contribution in [3.8, 4) is 0 Å². The van der Waals surface area contributed by atoms with Crippen LogP contribution in [0.15, 0.2) is 24.3 Å². The highest BCUT2D eigenvalue weighted by molar-refractivity contribution is 6.31. The van der Waals surface area contributed by atoms with E-state index in [1.807, 2.05) is 12.1 Å². The molecule has 0 spiro atoms. The standard InChI is InChI=1S/C17H27ClN2/c1-13(2)20(12-15-7-6-10-19-11-15)14(3)16-8-4-5-9-17(16)18/h4-5,8-9,13-15,19H,6-7,10-12H2,1-3H3. The lowest BCUT2D eigenvalue weighted by atomic mass is 9.96. The third-order valence-corrected chi connectivity index (χ3v) is 4.73. The van der Waals surface area contributed by atoms with Crippen LogP contribution in [0.2, 0.25) is 5.02 Å². The molecule has 3 heteroatoms. The molecule has 1 N–H and O–H groups in total. The first-order chi connectivity index (χ1) is 9.59. The molecule has 0 radical (unpaired) electrons. The van der Waals surface area contributed by atoms with Gasteiger partial charge in [0.2, 0.25) is 0 Å². The van der Waals surface area contributed by atoms with Crippen molar-refractivity contribution in [2.45, 2.75) is 45.7 Å². The molecular weight excluding hydrogens is 268 g/mol. The van der Waals surface area contributed by atoms with Crippen LogP contribution in [0.3, 0.4) is 0 Å². The minimum Gasteiger partial charge on any atom is -0.316 e. The van der Waals surface area contributed by atoms with E-state index >= 15 is 0 Å². The molecule has 1 heterocycles. The molecule has 1 saturated heterocycles. The molecule has 1 aliphatic rings. The minimum absolute atomic E-state index is 0.366.